The molecule has 2 atom stereocenters. The molecule has 0 saturated heterocycles. The summed E-state index contributed by atoms with van der Waals surface area (Å²) in [4.78, 5) is 14.9. The number of carbonyl (C=O) groups is 1. The Morgan fingerprint density at radius 2 is 2.04 bits per heavy atom. The molecule has 0 aromatic heterocycles. The summed E-state index contributed by atoms with van der Waals surface area (Å²) in [7, 11) is 4.01. The van der Waals surface area contributed by atoms with Crippen LogP contribution in [-0.4, -0.2) is 38.1 Å². The first-order valence-electron chi connectivity index (χ1n) is 8.44. The molecule has 1 amide bonds. The zero-order valence-corrected chi connectivity index (χ0v) is 15.3. The monoisotopic (exact) mass is 358 g/mol. The van der Waals surface area contributed by atoms with Gasteiger partial charge in [-0.25, -0.2) is 0 Å². The van der Waals surface area contributed by atoms with Crippen molar-refractivity contribution in [2.45, 2.75) is 12.5 Å². The molecule has 25 heavy (non-hydrogen) atoms. The van der Waals surface area contributed by atoms with Crippen molar-refractivity contribution in [1.29, 1.82) is 0 Å². The van der Waals surface area contributed by atoms with Gasteiger partial charge < -0.3 is 15.0 Å². The number of nitrogens with zero attached hydrogens (tertiary/aromatic N) is 1. The van der Waals surface area contributed by atoms with Crippen molar-refractivity contribution in [1.82, 2.24) is 10.2 Å². The van der Waals surface area contributed by atoms with E-state index >= 15 is 0 Å². The summed E-state index contributed by atoms with van der Waals surface area (Å²) in [6.45, 7) is 1.13. The van der Waals surface area contributed by atoms with E-state index in [2.05, 4.69) is 10.2 Å². The highest BCUT2D eigenvalue weighted by molar-refractivity contribution is 6.30. The molecule has 0 saturated carbocycles. The lowest BCUT2D eigenvalue weighted by atomic mass is 9.95. The van der Waals surface area contributed by atoms with E-state index in [-0.39, 0.29) is 17.9 Å². The summed E-state index contributed by atoms with van der Waals surface area (Å²) < 4.78 is 5.75. The summed E-state index contributed by atoms with van der Waals surface area (Å²) >= 11 is 6.06. The van der Waals surface area contributed by atoms with E-state index in [1.807, 2.05) is 62.6 Å². The van der Waals surface area contributed by atoms with Crippen LogP contribution in [0.1, 0.15) is 17.2 Å². The van der Waals surface area contributed by atoms with E-state index in [9.17, 15) is 4.79 Å². The van der Waals surface area contributed by atoms with Crippen LogP contribution in [0.2, 0.25) is 5.02 Å². The van der Waals surface area contributed by atoms with Gasteiger partial charge in [0.2, 0.25) is 5.91 Å². The maximum absolute atomic E-state index is 12.8. The average molecular weight is 359 g/mol. The van der Waals surface area contributed by atoms with Crippen LogP contribution < -0.4 is 10.1 Å². The van der Waals surface area contributed by atoms with Gasteiger partial charge in [-0.15, -0.1) is 0 Å². The van der Waals surface area contributed by atoms with Crippen LogP contribution in [0.3, 0.4) is 0 Å². The molecule has 1 aliphatic rings. The van der Waals surface area contributed by atoms with E-state index in [1.54, 1.807) is 0 Å². The van der Waals surface area contributed by atoms with E-state index in [4.69, 9.17) is 16.3 Å². The fourth-order valence-electron chi connectivity index (χ4n) is 3.11. The standard InChI is InChI=1S/C20H23ClN2O2/c1-23(2)12-18(14-6-4-3-5-7-14)22-20(24)16-10-15-11-17(21)8-9-19(15)25-13-16/h3-9,11,16,18H,10,12-13H2,1-2H3,(H,22,24)/t16-,18+/m1/s1. The summed E-state index contributed by atoms with van der Waals surface area (Å²) in [5.74, 6) is 0.627. The van der Waals surface area contributed by atoms with Crippen LogP contribution >= 0.6 is 11.6 Å². The molecule has 2 aromatic carbocycles. The van der Waals surface area contributed by atoms with Crippen LogP contribution in [-0.2, 0) is 11.2 Å². The number of fused-ring (bicyclic) bond motifs is 1. The van der Waals surface area contributed by atoms with Gasteiger partial charge in [0.1, 0.15) is 12.4 Å². The lowest BCUT2D eigenvalue weighted by Gasteiger charge is -2.28. The van der Waals surface area contributed by atoms with Gasteiger partial charge in [-0.3, -0.25) is 4.79 Å². The molecule has 0 bridgehead atoms. The molecule has 5 heteroatoms. The predicted molar refractivity (Wildman–Crippen MR) is 100 cm³/mol. The van der Waals surface area contributed by atoms with Crippen molar-refractivity contribution in [3.05, 3.63) is 64.7 Å². The Kier molecular flexibility index (Phi) is 5.61. The second kappa shape index (κ2) is 7.89. The number of hydrogen-bond donors (Lipinski definition) is 1. The Morgan fingerprint density at radius 1 is 1.28 bits per heavy atom. The smallest absolute Gasteiger partial charge is 0.227 e. The van der Waals surface area contributed by atoms with Gasteiger partial charge in [0.05, 0.1) is 12.0 Å². The Hall–Kier alpha value is -2.04. The van der Waals surface area contributed by atoms with Crippen molar-refractivity contribution in [3.63, 3.8) is 0 Å². The number of benzene rings is 2. The minimum absolute atomic E-state index is 0.0151. The third-order valence-corrected chi connectivity index (χ3v) is 4.60. The maximum Gasteiger partial charge on any atom is 0.227 e. The third kappa shape index (κ3) is 4.53. The largest absolute Gasteiger partial charge is 0.492 e. The first-order chi connectivity index (χ1) is 12.0. The molecule has 1 heterocycles. The molecule has 0 unspecified atom stereocenters. The molecule has 132 valence electrons. The van der Waals surface area contributed by atoms with Gasteiger partial charge in [-0.05, 0) is 49.8 Å². The SMILES string of the molecule is CN(C)C[C@H](NC(=O)[C@H]1COc2ccc(Cl)cc2C1)c1ccccc1. The molecule has 0 fully saturated rings. The molecular weight excluding hydrogens is 336 g/mol. The Bertz CT molecular complexity index is 734. The number of amides is 1. The zero-order valence-electron chi connectivity index (χ0n) is 14.5. The van der Waals surface area contributed by atoms with Crippen LogP contribution in [0, 0.1) is 5.92 Å². The second-order valence-electron chi connectivity index (χ2n) is 6.70. The summed E-state index contributed by atoms with van der Waals surface area (Å²) in [5.41, 5.74) is 2.09. The van der Waals surface area contributed by atoms with Crippen LogP contribution in [0.4, 0.5) is 0 Å². The molecule has 4 nitrogen and oxygen atoms in total. The Morgan fingerprint density at radius 3 is 2.76 bits per heavy atom. The molecule has 0 aliphatic carbocycles. The predicted octanol–water partition coefficient (Wildman–Crippen LogP) is 3.31. The molecular formula is C20H23ClN2O2. The zero-order chi connectivity index (χ0) is 17.8. The average Bonchev–Trinajstić information content (AvgIpc) is 2.60. The van der Waals surface area contributed by atoms with E-state index in [0.29, 0.717) is 18.1 Å². The van der Waals surface area contributed by atoms with E-state index in [1.165, 1.54) is 0 Å². The van der Waals surface area contributed by atoms with Crippen molar-refractivity contribution in [2.75, 3.05) is 27.2 Å². The highest BCUT2D eigenvalue weighted by atomic mass is 35.5. The lowest BCUT2D eigenvalue weighted by molar-refractivity contribution is -0.127. The normalized spacial score (nSPS) is 17.5. The minimum atomic E-state index is -0.209. The van der Waals surface area contributed by atoms with Gasteiger partial charge >= 0.3 is 0 Å². The number of nitrogens with one attached hydrogen (secondary N) is 1. The highest BCUT2D eigenvalue weighted by Crippen LogP contribution is 2.30. The van der Waals surface area contributed by atoms with Crippen molar-refractivity contribution < 1.29 is 9.53 Å². The first-order valence-corrected chi connectivity index (χ1v) is 8.82. The van der Waals surface area contributed by atoms with Crippen molar-refractivity contribution >= 4 is 17.5 Å². The minimum Gasteiger partial charge on any atom is -0.492 e. The quantitative estimate of drug-likeness (QED) is 0.891. The number of rotatable bonds is 5. The third-order valence-electron chi connectivity index (χ3n) is 4.37. The lowest BCUT2D eigenvalue weighted by Crippen LogP contribution is -2.42. The van der Waals surface area contributed by atoms with Crippen molar-refractivity contribution in [3.8, 4) is 5.75 Å². The van der Waals surface area contributed by atoms with Crippen LogP contribution in [0.25, 0.3) is 0 Å². The maximum atomic E-state index is 12.8. The summed E-state index contributed by atoms with van der Waals surface area (Å²) in [6, 6.07) is 15.6. The molecule has 1 N–H and O–H groups in total. The molecule has 0 radical (unpaired) electrons. The number of carbonyl (C=O) groups excluding carboxylic acids is 1. The summed E-state index contributed by atoms with van der Waals surface area (Å²) in [6.07, 6.45) is 0.644. The van der Waals surface area contributed by atoms with E-state index in [0.717, 1.165) is 23.4 Å². The molecule has 3 rings (SSSR count). The first kappa shape index (κ1) is 17.8. The molecule has 2 aromatic rings. The van der Waals surface area contributed by atoms with Gasteiger partial charge in [-0.2, -0.15) is 0 Å². The molecule has 0 spiro atoms. The van der Waals surface area contributed by atoms with Gasteiger partial charge in [0.25, 0.3) is 0 Å². The fraction of sp³-hybridized carbons (Fsp3) is 0.350. The van der Waals surface area contributed by atoms with Crippen LogP contribution in [0.5, 0.6) is 5.75 Å². The Labute approximate surface area is 153 Å². The topological polar surface area (TPSA) is 41.6 Å². The number of hydrogen-bond acceptors (Lipinski definition) is 3. The van der Waals surface area contributed by atoms with Gasteiger partial charge in [0, 0.05) is 11.6 Å². The molecule has 1 aliphatic heterocycles. The fourth-order valence-corrected chi connectivity index (χ4v) is 3.30. The second-order valence-corrected chi connectivity index (χ2v) is 7.13. The summed E-state index contributed by atoms with van der Waals surface area (Å²) in [5, 5.41) is 3.85. The number of halogens is 1. The van der Waals surface area contributed by atoms with E-state index < -0.39 is 0 Å². The Balaban J connectivity index is 1.71. The van der Waals surface area contributed by atoms with Gasteiger partial charge in [-0.1, -0.05) is 41.9 Å². The highest BCUT2D eigenvalue weighted by Gasteiger charge is 2.28. The van der Waals surface area contributed by atoms with Crippen molar-refractivity contribution in [2.24, 2.45) is 5.92 Å². The number of ether oxygens (including phenoxy) is 1. The number of likely N-dealkylation sites (N-methyl/N-ethyl adjacent to an activating group) is 1. The van der Waals surface area contributed by atoms with Gasteiger partial charge in [0.15, 0.2) is 0 Å². The van der Waals surface area contributed by atoms with Crippen LogP contribution in [0.15, 0.2) is 48.5 Å².